The minimum Gasteiger partial charge on any atom is -0.497 e. The highest BCUT2D eigenvalue weighted by Gasteiger charge is 2.49. The molecule has 2 aromatic rings. The third-order valence-electron chi connectivity index (χ3n) is 6.26. The van der Waals surface area contributed by atoms with Gasteiger partial charge in [0.05, 0.1) is 43.8 Å². The Morgan fingerprint density at radius 3 is 2.31 bits per heavy atom. The number of nitrogens with one attached hydrogen (secondary N) is 1. The summed E-state index contributed by atoms with van der Waals surface area (Å²) in [7, 11) is 1.58. The topological polar surface area (TPSA) is 74.8 Å². The second-order valence-electron chi connectivity index (χ2n) is 7.74. The number of benzene rings is 2. The average molecular weight is 390 g/mol. The van der Waals surface area contributed by atoms with E-state index in [4.69, 9.17) is 4.74 Å². The first-order chi connectivity index (χ1) is 14.1. The molecule has 0 spiro atoms. The molecular formula is C23H24N3O3+. The highest BCUT2D eigenvalue weighted by molar-refractivity contribution is 6.21. The number of anilines is 1. The van der Waals surface area contributed by atoms with Crippen molar-refractivity contribution in [2.24, 2.45) is 0 Å². The van der Waals surface area contributed by atoms with E-state index in [-0.39, 0.29) is 24.3 Å². The number of methoxy groups -OCH3 is 1. The lowest BCUT2D eigenvalue weighted by Crippen LogP contribution is -3.18. The molecule has 0 aromatic heterocycles. The molecule has 2 heterocycles. The van der Waals surface area contributed by atoms with Crippen LogP contribution in [0.25, 0.3) is 0 Å². The summed E-state index contributed by atoms with van der Waals surface area (Å²) in [5.74, 6) is 0.358. The molecule has 0 radical (unpaired) electrons. The molecule has 148 valence electrons. The molecule has 4 rings (SSSR count). The fourth-order valence-corrected chi connectivity index (χ4v) is 4.52. The Kier molecular flexibility index (Phi) is 5.08. The number of piperidine rings is 1. The third-order valence-corrected chi connectivity index (χ3v) is 6.26. The van der Waals surface area contributed by atoms with Crippen LogP contribution in [0.2, 0.25) is 0 Å². The van der Waals surface area contributed by atoms with E-state index in [1.807, 2.05) is 30.3 Å². The number of quaternary nitrogens is 1. The fourth-order valence-electron chi connectivity index (χ4n) is 4.52. The number of hydrogen-bond donors (Lipinski definition) is 1. The van der Waals surface area contributed by atoms with Crippen LogP contribution in [-0.2, 0) is 15.0 Å². The van der Waals surface area contributed by atoms with Crippen molar-refractivity contribution in [1.29, 1.82) is 5.26 Å². The van der Waals surface area contributed by atoms with E-state index in [2.05, 4.69) is 6.07 Å². The molecule has 2 aliphatic rings. The van der Waals surface area contributed by atoms with E-state index in [1.54, 1.807) is 31.4 Å². The average Bonchev–Trinajstić information content (AvgIpc) is 3.08. The van der Waals surface area contributed by atoms with Crippen LogP contribution in [0.3, 0.4) is 0 Å². The van der Waals surface area contributed by atoms with Gasteiger partial charge >= 0.3 is 0 Å². The van der Waals surface area contributed by atoms with Gasteiger partial charge in [-0.25, -0.2) is 4.90 Å². The molecule has 2 saturated heterocycles. The van der Waals surface area contributed by atoms with E-state index in [1.165, 1.54) is 4.90 Å². The minimum atomic E-state index is -0.508. The molecule has 1 atom stereocenters. The summed E-state index contributed by atoms with van der Waals surface area (Å²) >= 11 is 0. The molecule has 6 nitrogen and oxygen atoms in total. The van der Waals surface area contributed by atoms with Crippen LogP contribution in [0.1, 0.15) is 24.8 Å². The zero-order chi connectivity index (χ0) is 20.4. The van der Waals surface area contributed by atoms with Crippen molar-refractivity contribution in [1.82, 2.24) is 0 Å². The van der Waals surface area contributed by atoms with Crippen molar-refractivity contribution in [3.63, 3.8) is 0 Å². The van der Waals surface area contributed by atoms with Gasteiger partial charge in [0.25, 0.3) is 5.91 Å². The van der Waals surface area contributed by atoms with Crippen LogP contribution >= 0.6 is 0 Å². The van der Waals surface area contributed by atoms with Crippen LogP contribution < -0.4 is 14.5 Å². The number of rotatable bonds is 4. The molecule has 2 aliphatic heterocycles. The van der Waals surface area contributed by atoms with E-state index < -0.39 is 5.41 Å². The maximum atomic E-state index is 13.1. The number of nitriles is 1. The number of hydrogen-bond acceptors (Lipinski definition) is 4. The van der Waals surface area contributed by atoms with Crippen LogP contribution in [0.4, 0.5) is 5.69 Å². The van der Waals surface area contributed by atoms with Crippen LogP contribution in [0.5, 0.6) is 5.75 Å². The van der Waals surface area contributed by atoms with Gasteiger partial charge in [0.15, 0.2) is 6.04 Å². The van der Waals surface area contributed by atoms with Crippen LogP contribution in [0, 0.1) is 11.3 Å². The minimum absolute atomic E-state index is 0.153. The quantitative estimate of drug-likeness (QED) is 0.803. The van der Waals surface area contributed by atoms with E-state index in [9.17, 15) is 14.9 Å². The molecule has 6 heteroatoms. The Labute approximate surface area is 170 Å². The van der Waals surface area contributed by atoms with Gasteiger partial charge in [0.1, 0.15) is 5.75 Å². The summed E-state index contributed by atoms with van der Waals surface area (Å²) < 4.78 is 5.15. The van der Waals surface area contributed by atoms with Gasteiger partial charge in [-0.2, -0.15) is 5.26 Å². The summed E-state index contributed by atoms with van der Waals surface area (Å²) in [5.41, 5.74) is 1.11. The second-order valence-corrected chi connectivity index (χ2v) is 7.74. The van der Waals surface area contributed by atoms with Crippen LogP contribution in [-0.4, -0.2) is 38.1 Å². The van der Waals surface area contributed by atoms with Gasteiger partial charge in [-0.3, -0.25) is 9.59 Å². The van der Waals surface area contributed by atoms with E-state index >= 15 is 0 Å². The largest absolute Gasteiger partial charge is 0.497 e. The maximum Gasteiger partial charge on any atom is 0.292 e. The van der Waals surface area contributed by atoms with Crippen molar-refractivity contribution >= 4 is 17.5 Å². The van der Waals surface area contributed by atoms with Crippen molar-refractivity contribution < 1.29 is 19.2 Å². The summed E-state index contributed by atoms with van der Waals surface area (Å²) in [6.45, 7) is 1.39. The number of amides is 2. The highest BCUT2D eigenvalue weighted by atomic mass is 16.5. The van der Waals surface area contributed by atoms with Gasteiger partial charge in [-0.05, 0) is 29.8 Å². The van der Waals surface area contributed by atoms with Gasteiger partial charge in [-0.15, -0.1) is 0 Å². The monoisotopic (exact) mass is 390 g/mol. The molecule has 2 aromatic carbocycles. The Morgan fingerprint density at radius 2 is 1.72 bits per heavy atom. The molecule has 2 amide bonds. The van der Waals surface area contributed by atoms with Gasteiger partial charge < -0.3 is 9.64 Å². The maximum absolute atomic E-state index is 13.1. The fraction of sp³-hybridized carbons (Fsp3) is 0.348. The zero-order valence-electron chi connectivity index (χ0n) is 16.4. The normalized spacial score (nSPS) is 27.0. The summed E-state index contributed by atoms with van der Waals surface area (Å²) in [5, 5.41) is 9.88. The van der Waals surface area contributed by atoms with Gasteiger partial charge in [0, 0.05) is 12.8 Å². The Balaban J connectivity index is 1.48. The first-order valence-corrected chi connectivity index (χ1v) is 9.90. The van der Waals surface area contributed by atoms with Gasteiger partial charge in [-0.1, -0.05) is 30.3 Å². The van der Waals surface area contributed by atoms with Crippen LogP contribution in [0.15, 0.2) is 54.6 Å². The molecule has 0 saturated carbocycles. The number of imide groups is 1. The standard InChI is InChI=1S/C23H23N3O3/c1-29-19-9-7-18(8-10-19)26-21(27)15-20(22(26)28)25-13-11-23(16-24,12-14-25)17-5-3-2-4-6-17/h2-10,20H,11-15H2,1H3/p+1/t20-/m0/s1. The lowest BCUT2D eigenvalue weighted by molar-refractivity contribution is -0.920. The van der Waals surface area contributed by atoms with Gasteiger partial charge in [0.2, 0.25) is 5.91 Å². The Hall–Kier alpha value is -3.17. The number of nitrogens with zero attached hydrogens (tertiary/aromatic N) is 2. The number of likely N-dealkylation sites (tertiary alicyclic amines) is 1. The highest BCUT2D eigenvalue weighted by Crippen LogP contribution is 2.32. The number of carbonyl (C=O) groups excluding carboxylic acids is 2. The lowest BCUT2D eigenvalue weighted by Gasteiger charge is -2.37. The van der Waals surface area contributed by atoms with Crippen molar-refractivity contribution in [2.75, 3.05) is 25.1 Å². The van der Waals surface area contributed by atoms with Crippen molar-refractivity contribution in [3.8, 4) is 11.8 Å². The molecule has 0 unspecified atom stereocenters. The van der Waals surface area contributed by atoms with E-state index in [0.717, 1.165) is 10.5 Å². The van der Waals surface area contributed by atoms with E-state index in [0.29, 0.717) is 37.4 Å². The molecular weight excluding hydrogens is 366 g/mol. The summed E-state index contributed by atoms with van der Waals surface area (Å²) in [6, 6.07) is 19.0. The molecule has 29 heavy (non-hydrogen) atoms. The number of ether oxygens (including phenoxy) is 1. The zero-order valence-corrected chi connectivity index (χ0v) is 16.4. The number of carbonyl (C=O) groups is 2. The first-order valence-electron chi connectivity index (χ1n) is 9.90. The van der Waals surface area contributed by atoms with Crippen molar-refractivity contribution in [3.05, 3.63) is 60.2 Å². The Morgan fingerprint density at radius 1 is 1.07 bits per heavy atom. The second kappa shape index (κ2) is 7.69. The van der Waals surface area contributed by atoms with Crippen molar-refractivity contribution in [2.45, 2.75) is 30.7 Å². The Bertz CT molecular complexity index is 942. The molecule has 0 bridgehead atoms. The molecule has 1 N–H and O–H groups in total. The lowest BCUT2D eigenvalue weighted by atomic mass is 9.74. The predicted octanol–water partition coefficient (Wildman–Crippen LogP) is 1.47. The summed E-state index contributed by atoms with van der Waals surface area (Å²) in [4.78, 5) is 28.1. The predicted molar refractivity (Wildman–Crippen MR) is 108 cm³/mol. The first kappa shape index (κ1) is 19.2. The smallest absolute Gasteiger partial charge is 0.292 e. The molecule has 0 aliphatic carbocycles. The SMILES string of the molecule is COc1ccc(N2C(=O)C[C@H]([NH+]3CCC(C#N)(c4ccccc4)CC3)C2=O)cc1. The molecule has 2 fully saturated rings. The third kappa shape index (κ3) is 3.39. The summed E-state index contributed by atoms with van der Waals surface area (Å²) in [6.07, 6.45) is 1.58.